The van der Waals surface area contributed by atoms with Gasteiger partial charge in [0.25, 0.3) is 0 Å². The maximum absolute atomic E-state index is 5.89. The lowest BCUT2D eigenvalue weighted by Crippen LogP contribution is -2.34. The predicted octanol–water partition coefficient (Wildman–Crippen LogP) is 1.46. The molecule has 0 saturated carbocycles. The average Bonchev–Trinajstić information content (AvgIpc) is 2.35. The molecule has 0 spiro atoms. The van der Waals surface area contributed by atoms with Gasteiger partial charge in [-0.2, -0.15) is 0 Å². The Hall–Kier alpha value is -0.340. The summed E-state index contributed by atoms with van der Waals surface area (Å²) >= 11 is 0. The molecule has 1 rings (SSSR count). The Bertz CT molecular complexity index is 138. The van der Waals surface area contributed by atoms with E-state index < -0.39 is 0 Å². The first kappa shape index (κ1) is 8.75. The monoisotopic (exact) mass is 155 g/mol. The third kappa shape index (κ3) is 2.64. The van der Waals surface area contributed by atoms with E-state index in [9.17, 15) is 0 Å². The minimum absolute atomic E-state index is 0.162. The van der Waals surface area contributed by atoms with Gasteiger partial charge in [0.1, 0.15) is 0 Å². The lowest BCUT2D eigenvalue weighted by atomic mass is 10.0. The van der Waals surface area contributed by atoms with E-state index >= 15 is 0 Å². The molecule has 0 aromatic rings. The predicted molar refractivity (Wildman–Crippen MR) is 46.4 cm³/mol. The van der Waals surface area contributed by atoms with Gasteiger partial charge in [-0.15, -0.1) is 6.58 Å². The van der Waals surface area contributed by atoms with E-state index in [0.29, 0.717) is 0 Å². The van der Waals surface area contributed by atoms with Gasteiger partial charge in [0.05, 0.1) is 6.10 Å². The van der Waals surface area contributed by atoms with E-state index in [0.717, 1.165) is 31.4 Å². The molecule has 2 heteroatoms. The van der Waals surface area contributed by atoms with Crippen molar-refractivity contribution in [3.05, 3.63) is 12.2 Å². The van der Waals surface area contributed by atoms with Crippen molar-refractivity contribution in [2.45, 2.75) is 38.3 Å². The van der Waals surface area contributed by atoms with Crippen molar-refractivity contribution >= 4 is 0 Å². The SMILES string of the molecule is C=C(C)CC(N)C1CCCO1. The summed E-state index contributed by atoms with van der Waals surface area (Å²) in [6, 6.07) is 0.162. The van der Waals surface area contributed by atoms with Crippen LogP contribution in [-0.2, 0) is 4.74 Å². The van der Waals surface area contributed by atoms with E-state index in [1.54, 1.807) is 0 Å². The number of hydrogen-bond acceptors (Lipinski definition) is 2. The van der Waals surface area contributed by atoms with Crippen molar-refractivity contribution in [2.24, 2.45) is 5.73 Å². The van der Waals surface area contributed by atoms with Gasteiger partial charge in [-0.1, -0.05) is 5.57 Å². The Kier molecular flexibility index (Phi) is 3.09. The summed E-state index contributed by atoms with van der Waals surface area (Å²) in [5.74, 6) is 0. The van der Waals surface area contributed by atoms with Crippen LogP contribution in [0.2, 0.25) is 0 Å². The van der Waals surface area contributed by atoms with Gasteiger partial charge in [0, 0.05) is 12.6 Å². The fraction of sp³-hybridized carbons (Fsp3) is 0.778. The van der Waals surface area contributed by atoms with Gasteiger partial charge in [0.2, 0.25) is 0 Å². The highest BCUT2D eigenvalue weighted by Gasteiger charge is 2.22. The molecule has 0 aromatic heterocycles. The molecular formula is C9H17NO. The van der Waals surface area contributed by atoms with Crippen LogP contribution < -0.4 is 5.73 Å². The summed E-state index contributed by atoms with van der Waals surface area (Å²) in [5, 5.41) is 0. The number of rotatable bonds is 3. The van der Waals surface area contributed by atoms with Gasteiger partial charge in [0.15, 0.2) is 0 Å². The molecule has 1 saturated heterocycles. The third-order valence-electron chi connectivity index (χ3n) is 2.03. The first-order valence-corrected chi connectivity index (χ1v) is 4.21. The summed E-state index contributed by atoms with van der Waals surface area (Å²) in [7, 11) is 0. The topological polar surface area (TPSA) is 35.2 Å². The Morgan fingerprint density at radius 3 is 3.00 bits per heavy atom. The number of hydrogen-bond donors (Lipinski definition) is 1. The van der Waals surface area contributed by atoms with Crippen LogP contribution in [-0.4, -0.2) is 18.8 Å². The highest BCUT2D eigenvalue weighted by Crippen LogP contribution is 2.17. The lowest BCUT2D eigenvalue weighted by Gasteiger charge is -2.17. The molecular weight excluding hydrogens is 138 g/mol. The average molecular weight is 155 g/mol. The van der Waals surface area contributed by atoms with Crippen LogP contribution in [0.4, 0.5) is 0 Å². The van der Waals surface area contributed by atoms with Crippen LogP contribution in [0.15, 0.2) is 12.2 Å². The zero-order chi connectivity index (χ0) is 8.27. The Balaban J connectivity index is 2.28. The Morgan fingerprint density at radius 1 is 1.82 bits per heavy atom. The maximum Gasteiger partial charge on any atom is 0.0729 e. The van der Waals surface area contributed by atoms with Crippen LogP contribution in [0.3, 0.4) is 0 Å². The molecule has 0 aliphatic carbocycles. The van der Waals surface area contributed by atoms with E-state index in [2.05, 4.69) is 6.58 Å². The number of ether oxygens (including phenoxy) is 1. The second-order valence-electron chi connectivity index (χ2n) is 3.38. The molecule has 2 nitrogen and oxygen atoms in total. The highest BCUT2D eigenvalue weighted by molar-refractivity contribution is 4.94. The van der Waals surface area contributed by atoms with Crippen molar-refractivity contribution < 1.29 is 4.74 Å². The van der Waals surface area contributed by atoms with Crippen molar-refractivity contribution in [3.8, 4) is 0 Å². The van der Waals surface area contributed by atoms with Crippen molar-refractivity contribution in [3.63, 3.8) is 0 Å². The first-order chi connectivity index (χ1) is 5.20. The van der Waals surface area contributed by atoms with Crippen LogP contribution >= 0.6 is 0 Å². The van der Waals surface area contributed by atoms with Crippen LogP contribution in [0.5, 0.6) is 0 Å². The normalized spacial score (nSPS) is 26.9. The number of nitrogens with two attached hydrogens (primary N) is 1. The Morgan fingerprint density at radius 2 is 2.55 bits per heavy atom. The van der Waals surface area contributed by atoms with E-state index in [4.69, 9.17) is 10.5 Å². The fourth-order valence-corrected chi connectivity index (χ4v) is 1.47. The summed E-state index contributed by atoms with van der Waals surface area (Å²) in [4.78, 5) is 0. The van der Waals surface area contributed by atoms with E-state index in [-0.39, 0.29) is 12.1 Å². The Labute approximate surface area is 68.4 Å². The molecule has 11 heavy (non-hydrogen) atoms. The minimum Gasteiger partial charge on any atom is -0.377 e. The summed E-state index contributed by atoms with van der Waals surface area (Å²) in [6.07, 6.45) is 3.46. The summed E-state index contributed by atoms with van der Waals surface area (Å²) in [5.41, 5.74) is 7.04. The highest BCUT2D eigenvalue weighted by atomic mass is 16.5. The first-order valence-electron chi connectivity index (χ1n) is 4.21. The molecule has 64 valence electrons. The second kappa shape index (κ2) is 3.88. The smallest absolute Gasteiger partial charge is 0.0729 e. The van der Waals surface area contributed by atoms with Crippen LogP contribution in [0.1, 0.15) is 26.2 Å². The lowest BCUT2D eigenvalue weighted by molar-refractivity contribution is 0.0900. The molecule has 2 N–H and O–H groups in total. The van der Waals surface area contributed by atoms with E-state index in [1.807, 2.05) is 6.92 Å². The van der Waals surface area contributed by atoms with Gasteiger partial charge < -0.3 is 10.5 Å². The minimum atomic E-state index is 0.162. The molecule has 2 atom stereocenters. The van der Waals surface area contributed by atoms with Crippen molar-refractivity contribution in [1.82, 2.24) is 0 Å². The zero-order valence-electron chi connectivity index (χ0n) is 7.18. The largest absolute Gasteiger partial charge is 0.377 e. The van der Waals surface area contributed by atoms with Crippen LogP contribution in [0.25, 0.3) is 0 Å². The maximum atomic E-state index is 5.89. The second-order valence-corrected chi connectivity index (χ2v) is 3.38. The molecule has 0 bridgehead atoms. The molecule has 0 amide bonds. The molecule has 1 aliphatic rings. The van der Waals surface area contributed by atoms with E-state index in [1.165, 1.54) is 0 Å². The summed E-state index contributed by atoms with van der Waals surface area (Å²) in [6.45, 7) is 6.72. The van der Waals surface area contributed by atoms with Gasteiger partial charge >= 0.3 is 0 Å². The third-order valence-corrected chi connectivity index (χ3v) is 2.03. The standard InChI is InChI=1S/C9H17NO/c1-7(2)6-8(10)9-4-3-5-11-9/h8-9H,1,3-6,10H2,2H3. The van der Waals surface area contributed by atoms with Gasteiger partial charge in [-0.05, 0) is 26.2 Å². The van der Waals surface area contributed by atoms with Crippen LogP contribution in [0, 0.1) is 0 Å². The van der Waals surface area contributed by atoms with Crippen molar-refractivity contribution in [1.29, 1.82) is 0 Å². The molecule has 2 unspecified atom stereocenters. The van der Waals surface area contributed by atoms with Crippen molar-refractivity contribution in [2.75, 3.05) is 6.61 Å². The molecule has 1 aliphatic heterocycles. The fourth-order valence-electron chi connectivity index (χ4n) is 1.47. The zero-order valence-corrected chi connectivity index (χ0v) is 7.18. The molecule has 0 aromatic carbocycles. The van der Waals surface area contributed by atoms with Gasteiger partial charge in [-0.3, -0.25) is 0 Å². The molecule has 0 radical (unpaired) electrons. The summed E-state index contributed by atoms with van der Waals surface area (Å²) < 4.78 is 5.45. The van der Waals surface area contributed by atoms with Gasteiger partial charge in [-0.25, -0.2) is 0 Å². The quantitative estimate of drug-likeness (QED) is 0.626. The molecule has 1 fully saturated rings. The molecule has 1 heterocycles.